The molecule has 1 N–H and O–H groups in total. The van der Waals surface area contributed by atoms with Gasteiger partial charge in [0.1, 0.15) is 5.25 Å². The van der Waals surface area contributed by atoms with E-state index >= 15 is 0 Å². The Kier molecular flexibility index (Phi) is 3.91. The standard InChI is InChI=1S/C12H12ClNO4S/c1-14-5-4-10(11(14)15)19(18)7-2-3-9(13)8(6-7)12(16)17/h2-3,6,10H,4-5H2,1H3,(H,16,17). The van der Waals surface area contributed by atoms with Gasteiger partial charge in [-0.05, 0) is 24.6 Å². The molecule has 1 amide bonds. The Labute approximate surface area is 117 Å². The van der Waals surface area contributed by atoms with Gasteiger partial charge < -0.3 is 10.0 Å². The average Bonchev–Trinajstić information content (AvgIpc) is 2.69. The molecule has 2 unspecified atom stereocenters. The maximum atomic E-state index is 12.3. The van der Waals surface area contributed by atoms with E-state index in [1.165, 1.54) is 23.1 Å². The largest absolute Gasteiger partial charge is 0.478 e. The van der Waals surface area contributed by atoms with Crippen LogP contribution in [0.4, 0.5) is 0 Å². The van der Waals surface area contributed by atoms with E-state index in [0.717, 1.165) is 0 Å². The van der Waals surface area contributed by atoms with Crippen LogP contribution < -0.4 is 0 Å². The number of hydrogen-bond acceptors (Lipinski definition) is 3. The molecule has 1 saturated heterocycles. The van der Waals surface area contributed by atoms with Crippen LogP contribution in [0.2, 0.25) is 5.02 Å². The van der Waals surface area contributed by atoms with Crippen LogP contribution in [0.5, 0.6) is 0 Å². The lowest BCUT2D eigenvalue weighted by Gasteiger charge is -2.11. The molecule has 1 aliphatic rings. The molecule has 0 bridgehead atoms. The summed E-state index contributed by atoms with van der Waals surface area (Å²) in [7, 11) is 0.0990. The molecule has 0 radical (unpaired) electrons. The lowest BCUT2D eigenvalue weighted by molar-refractivity contribution is -0.126. The highest BCUT2D eigenvalue weighted by molar-refractivity contribution is 7.86. The van der Waals surface area contributed by atoms with Crippen molar-refractivity contribution in [3.8, 4) is 0 Å². The van der Waals surface area contributed by atoms with Crippen molar-refractivity contribution >= 4 is 34.3 Å². The highest BCUT2D eigenvalue weighted by Gasteiger charge is 2.34. The van der Waals surface area contributed by atoms with Crippen LogP contribution in [0.1, 0.15) is 16.8 Å². The van der Waals surface area contributed by atoms with Gasteiger partial charge in [0.25, 0.3) is 0 Å². The van der Waals surface area contributed by atoms with Gasteiger partial charge >= 0.3 is 5.97 Å². The number of hydrogen-bond donors (Lipinski definition) is 1. The highest BCUT2D eigenvalue weighted by atomic mass is 35.5. The van der Waals surface area contributed by atoms with Crippen molar-refractivity contribution < 1.29 is 18.9 Å². The van der Waals surface area contributed by atoms with Crippen molar-refractivity contribution in [2.45, 2.75) is 16.6 Å². The molecule has 7 heteroatoms. The summed E-state index contributed by atoms with van der Waals surface area (Å²) in [4.78, 5) is 24.6. The van der Waals surface area contributed by atoms with Crippen LogP contribution in [0.3, 0.4) is 0 Å². The summed E-state index contributed by atoms with van der Waals surface area (Å²) < 4.78 is 12.3. The minimum atomic E-state index is -1.56. The molecular formula is C12H12ClNO4S. The molecule has 0 aromatic heterocycles. The number of carbonyl (C=O) groups excluding carboxylic acids is 1. The fourth-order valence-electron chi connectivity index (χ4n) is 1.95. The molecule has 102 valence electrons. The van der Waals surface area contributed by atoms with Crippen molar-refractivity contribution in [2.75, 3.05) is 13.6 Å². The van der Waals surface area contributed by atoms with Gasteiger partial charge in [-0.3, -0.25) is 9.00 Å². The third kappa shape index (κ3) is 2.64. The van der Waals surface area contributed by atoms with Gasteiger partial charge in [0.15, 0.2) is 0 Å². The molecule has 1 heterocycles. The third-order valence-corrected chi connectivity index (χ3v) is 5.04. The van der Waals surface area contributed by atoms with E-state index < -0.39 is 22.0 Å². The highest BCUT2D eigenvalue weighted by Crippen LogP contribution is 2.24. The normalized spacial score (nSPS) is 20.6. The molecule has 1 aromatic rings. The zero-order valence-electron chi connectivity index (χ0n) is 10.1. The summed E-state index contributed by atoms with van der Waals surface area (Å²) in [5.74, 6) is -1.36. The topological polar surface area (TPSA) is 74.7 Å². The van der Waals surface area contributed by atoms with Crippen molar-refractivity contribution in [1.29, 1.82) is 0 Å². The summed E-state index contributed by atoms with van der Waals surface area (Å²) in [6, 6.07) is 4.16. The lowest BCUT2D eigenvalue weighted by Crippen LogP contribution is -2.28. The number of halogens is 1. The van der Waals surface area contributed by atoms with Crippen LogP contribution in [0.15, 0.2) is 23.1 Å². The molecule has 19 heavy (non-hydrogen) atoms. The predicted molar refractivity (Wildman–Crippen MR) is 70.9 cm³/mol. The number of nitrogens with zero attached hydrogens (tertiary/aromatic N) is 1. The summed E-state index contributed by atoms with van der Waals surface area (Å²) in [5, 5.41) is 8.46. The van der Waals surface area contributed by atoms with Crippen LogP contribution in [-0.2, 0) is 15.6 Å². The van der Waals surface area contributed by atoms with Crippen molar-refractivity contribution in [3.05, 3.63) is 28.8 Å². The maximum absolute atomic E-state index is 12.3. The van der Waals surface area contributed by atoms with Crippen molar-refractivity contribution in [1.82, 2.24) is 4.90 Å². The number of likely N-dealkylation sites (tertiary alicyclic amines) is 1. The molecule has 0 spiro atoms. The molecule has 0 saturated carbocycles. The Morgan fingerprint density at radius 2 is 2.21 bits per heavy atom. The minimum absolute atomic E-state index is 0.0862. The Balaban J connectivity index is 2.32. The maximum Gasteiger partial charge on any atom is 0.337 e. The van der Waals surface area contributed by atoms with Gasteiger partial charge in [-0.1, -0.05) is 11.6 Å². The summed E-state index contributed by atoms with van der Waals surface area (Å²) in [6.45, 7) is 0.564. The van der Waals surface area contributed by atoms with Gasteiger partial charge in [0.05, 0.1) is 21.4 Å². The first-order chi connectivity index (χ1) is 8.91. The zero-order valence-corrected chi connectivity index (χ0v) is 11.7. The molecular weight excluding hydrogens is 290 g/mol. The average molecular weight is 302 g/mol. The third-order valence-electron chi connectivity index (χ3n) is 3.04. The fraction of sp³-hybridized carbons (Fsp3) is 0.333. The molecule has 5 nitrogen and oxygen atoms in total. The zero-order chi connectivity index (χ0) is 14.2. The van der Waals surface area contributed by atoms with Crippen LogP contribution >= 0.6 is 11.6 Å². The van der Waals surface area contributed by atoms with Crippen LogP contribution in [0, 0.1) is 0 Å². The first-order valence-electron chi connectivity index (χ1n) is 5.60. The monoisotopic (exact) mass is 301 g/mol. The first kappa shape index (κ1) is 14.0. The second kappa shape index (κ2) is 5.30. The molecule has 1 aliphatic heterocycles. The van der Waals surface area contributed by atoms with Crippen molar-refractivity contribution in [3.63, 3.8) is 0 Å². The van der Waals surface area contributed by atoms with E-state index in [9.17, 15) is 13.8 Å². The quantitative estimate of drug-likeness (QED) is 0.915. The minimum Gasteiger partial charge on any atom is -0.478 e. The number of benzene rings is 1. The van der Waals surface area contributed by atoms with Crippen LogP contribution in [-0.4, -0.2) is 44.9 Å². The molecule has 1 fully saturated rings. The summed E-state index contributed by atoms with van der Waals surface area (Å²) >= 11 is 5.75. The molecule has 0 aliphatic carbocycles. The van der Waals surface area contributed by atoms with Gasteiger partial charge in [-0.15, -0.1) is 0 Å². The Hall–Kier alpha value is -1.40. The number of carboxylic acids is 1. The molecule has 2 rings (SSSR count). The number of carboxylic acid groups (broad SMARTS) is 1. The molecule has 1 aromatic carbocycles. The van der Waals surface area contributed by atoms with Gasteiger partial charge in [0.2, 0.25) is 5.91 Å². The second-order valence-electron chi connectivity index (χ2n) is 4.28. The van der Waals surface area contributed by atoms with E-state index in [1.54, 1.807) is 7.05 Å². The fourth-order valence-corrected chi connectivity index (χ4v) is 3.59. The van der Waals surface area contributed by atoms with Gasteiger partial charge in [-0.2, -0.15) is 0 Å². The number of carbonyl (C=O) groups is 2. The van der Waals surface area contributed by atoms with Crippen LogP contribution in [0.25, 0.3) is 0 Å². The Bertz CT molecular complexity index is 575. The van der Waals surface area contributed by atoms with Crippen molar-refractivity contribution in [2.24, 2.45) is 0 Å². The number of amides is 1. The Morgan fingerprint density at radius 3 is 2.74 bits per heavy atom. The summed E-state index contributed by atoms with van der Waals surface area (Å²) in [6.07, 6.45) is 0.507. The lowest BCUT2D eigenvalue weighted by atomic mass is 10.2. The Morgan fingerprint density at radius 1 is 1.53 bits per heavy atom. The van der Waals surface area contributed by atoms with E-state index in [-0.39, 0.29) is 16.5 Å². The number of aromatic carboxylic acids is 1. The summed E-state index contributed by atoms with van der Waals surface area (Å²) in [5.41, 5.74) is -0.105. The number of rotatable bonds is 3. The first-order valence-corrected chi connectivity index (χ1v) is 7.19. The second-order valence-corrected chi connectivity index (χ2v) is 6.32. The smallest absolute Gasteiger partial charge is 0.337 e. The molecule has 2 atom stereocenters. The van der Waals surface area contributed by atoms with E-state index in [0.29, 0.717) is 17.9 Å². The van der Waals surface area contributed by atoms with Gasteiger partial charge in [-0.25, -0.2) is 4.79 Å². The SMILES string of the molecule is CN1CCC(S(=O)c2ccc(Cl)c(C(=O)O)c2)C1=O. The van der Waals surface area contributed by atoms with Gasteiger partial charge in [0, 0.05) is 18.5 Å². The van der Waals surface area contributed by atoms with E-state index in [1.807, 2.05) is 0 Å². The van der Waals surface area contributed by atoms with E-state index in [4.69, 9.17) is 16.7 Å². The predicted octanol–water partition coefficient (Wildman–Crippen LogP) is 1.38. The van der Waals surface area contributed by atoms with E-state index in [2.05, 4.69) is 0 Å².